The van der Waals surface area contributed by atoms with Crippen LogP contribution in [0.15, 0.2) is 42.5 Å². The van der Waals surface area contributed by atoms with E-state index < -0.39 is 0 Å². The highest BCUT2D eigenvalue weighted by molar-refractivity contribution is 5.77. The molecule has 0 atom stereocenters. The number of aromatic nitrogens is 2. The zero-order valence-electron chi connectivity index (χ0n) is 16.7. The van der Waals surface area contributed by atoms with Crippen LogP contribution in [0.25, 0.3) is 11.0 Å². The summed E-state index contributed by atoms with van der Waals surface area (Å²) in [4.78, 5) is 16.3. The van der Waals surface area contributed by atoms with Crippen LogP contribution in [-0.4, -0.2) is 42.3 Å². The maximum atomic E-state index is 11.6. The first-order chi connectivity index (χ1) is 13.6. The monoisotopic (exact) mass is 381 g/mol. The molecular formula is C22H27N3O3. The number of fused-ring (bicyclic) bond motifs is 1. The Kier molecular flexibility index (Phi) is 6.66. The number of amides is 1. The molecule has 1 heterocycles. The number of carbonyl (C=O) groups excluding carboxylic acids is 1. The summed E-state index contributed by atoms with van der Waals surface area (Å²) in [6.07, 6.45) is 0.647. The molecule has 2 aromatic carbocycles. The molecule has 0 unspecified atom stereocenters. The topological polar surface area (TPSA) is 65.4 Å². The minimum Gasteiger partial charge on any atom is -0.492 e. The number of carbonyl (C=O) groups is 1. The van der Waals surface area contributed by atoms with Gasteiger partial charge in [-0.25, -0.2) is 4.98 Å². The standard InChI is InChI=1S/C22H27N3O3/c1-16-12-17(2)14-18(13-16)28-11-10-25-20-7-5-4-6-19(20)24-21(25)8-9-23-22(26)15-27-3/h4-7,12-14H,8-11,15H2,1-3H3,(H,23,26). The second-order valence-electron chi connectivity index (χ2n) is 6.87. The maximum absolute atomic E-state index is 11.6. The van der Waals surface area contributed by atoms with Crippen molar-refractivity contribution in [2.24, 2.45) is 0 Å². The van der Waals surface area contributed by atoms with Gasteiger partial charge in [-0.1, -0.05) is 18.2 Å². The van der Waals surface area contributed by atoms with E-state index in [1.165, 1.54) is 18.2 Å². The molecular weight excluding hydrogens is 354 g/mol. The molecule has 0 saturated heterocycles. The van der Waals surface area contributed by atoms with Crippen molar-refractivity contribution >= 4 is 16.9 Å². The van der Waals surface area contributed by atoms with E-state index in [2.05, 4.69) is 35.9 Å². The van der Waals surface area contributed by atoms with Crippen molar-refractivity contribution in [1.29, 1.82) is 0 Å². The lowest BCUT2D eigenvalue weighted by molar-refractivity contribution is -0.124. The van der Waals surface area contributed by atoms with Crippen molar-refractivity contribution in [3.05, 3.63) is 59.4 Å². The molecule has 3 rings (SSSR count). The summed E-state index contributed by atoms with van der Waals surface area (Å²) in [5.41, 5.74) is 4.41. The van der Waals surface area contributed by atoms with Crippen molar-refractivity contribution in [1.82, 2.24) is 14.9 Å². The fourth-order valence-corrected chi connectivity index (χ4v) is 3.33. The van der Waals surface area contributed by atoms with Crippen LogP contribution >= 0.6 is 0 Å². The molecule has 148 valence electrons. The number of imidazole rings is 1. The molecule has 1 N–H and O–H groups in total. The third kappa shape index (κ3) is 5.10. The molecule has 6 heteroatoms. The third-order valence-electron chi connectivity index (χ3n) is 4.46. The van der Waals surface area contributed by atoms with Gasteiger partial charge in [-0.2, -0.15) is 0 Å². The van der Waals surface area contributed by atoms with E-state index in [0.29, 0.717) is 26.1 Å². The summed E-state index contributed by atoms with van der Waals surface area (Å²) in [7, 11) is 1.51. The van der Waals surface area contributed by atoms with Crippen molar-refractivity contribution in [3.63, 3.8) is 0 Å². The molecule has 1 aromatic heterocycles. The van der Waals surface area contributed by atoms with Gasteiger partial charge in [0, 0.05) is 20.1 Å². The summed E-state index contributed by atoms with van der Waals surface area (Å²) < 4.78 is 13.0. The average molecular weight is 381 g/mol. The van der Waals surface area contributed by atoms with Crippen molar-refractivity contribution in [3.8, 4) is 5.75 Å². The van der Waals surface area contributed by atoms with Gasteiger partial charge in [0.25, 0.3) is 0 Å². The molecule has 0 aliphatic heterocycles. The van der Waals surface area contributed by atoms with Gasteiger partial charge in [0.15, 0.2) is 0 Å². The van der Waals surface area contributed by atoms with Gasteiger partial charge < -0.3 is 19.4 Å². The summed E-state index contributed by atoms with van der Waals surface area (Å²) in [6.45, 7) is 5.96. The average Bonchev–Trinajstić information content (AvgIpc) is 2.99. The highest BCUT2D eigenvalue weighted by Crippen LogP contribution is 2.18. The summed E-state index contributed by atoms with van der Waals surface area (Å²) >= 11 is 0. The zero-order valence-corrected chi connectivity index (χ0v) is 16.7. The minimum atomic E-state index is -0.122. The van der Waals surface area contributed by atoms with Crippen LogP contribution in [0.1, 0.15) is 17.0 Å². The van der Waals surface area contributed by atoms with Crippen LogP contribution < -0.4 is 10.1 Å². The molecule has 0 saturated carbocycles. The Hall–Kier alpha value is -2.86. The van der Waals surface area contributed by atoms with E-state index >= 15 is 0 Å². The second kappa shape index (κ2) is 9.37. The Morgan fingerprint density at radius 2 is 1.89 bits per heavy atom. The number of ether oxygens (including phenoxy) is 2. The van der Waals surface area contributed by atoms with Crippen LogP contribution in [-0.2, 0) is 22.5 Å². The largest absolute Gasteiger partial charge is 0.492 e. The van der Waals surface area contributed by atoms with Crippen molar-refractivity contribution in [2.75, 3.05) is 26.9 Å². The van der Waals surface area contributed by atoms with E-state index in [9.17, 15) is 4.79 Å². The minimum absolute atomic E-state index is 0.0696. The number of aryl methyl sites for hydroxylation is 2. The van der Waals surface area contributed by atoms with Gasteiger partial charge in [0.1, 0.15) is 24.8 Å². The smallest absolute Gasteiger partial charge is 0.245 e. The zero-order chi connectivity index (χ0) is 19.9. The number of hydrogen-bond acceptors (Lipinski definition) is 4. The number of para-hydroxylation sites is 2. The fourth-order valence-electron chi connectivity index (χ4n) is 3.33. The lowest BCUT2D eigenvalue weighted by atomic mass is 10.1. The number of nitrogens with zero attached hydrogens (tertiary/aromatic N) is 2. The Bertz CT molecular complexity index is 929. The van der Waals surface area contributed by atoms with Gasteiger partial charge in [-0.3, -0.25) is 4.79 Å². The van der Waals surface area contributed by atoms with E-state index in [1.54, 1.807) is 0 Å². The van der Waals surface area contributed by atoms with E-state index in [-0.39, 0.29) is 12.5 Å². The van der Waals surface area contributed by atoms with E-state index in [0.717, 1.165) is 22.6 Å². The highest BCUT2D eigenvalue weighted by atomic mass is 16.5. The number of hydrogen-bond donors (Lipinski definition) is 1. The van der Waals surface area contributed by atoms with E-state index in [1.807, 2.05) is 30.3 Å². The quantitative estimate of drug-likeness (QED) is 0.619. The van der Waals surface area contributed by atoms with E-state index in [4.69, 9.17) is 14.5 Å². The number of nitrogens with one attached hydrogen (secondary N) is 1. The molecule has 0 aliphatic rings. The lowest BCUT2D eigenvalue weighted by Crippen LogP contribution is -2.29. The highest BCUT2D eigenvalue weighted by Gasteiger charge is 2.11. The SMILES string of the molecule is COCC(=O)NCCc1nc2ccccc2n1CCOc1cc(C)cc(C)c1. The first-order valence-electron chi connectivity index (χ1n) is 9.47. The van der Waals surface area contributed by atoms with Gasteiger partial charge in [-0.15, -0.1) is 0 Å². The van der Waals surface area contributed by atoms with Crippen molar-refractivity contribution in [2.45, 2.75) is 26.8 Å². The second-order valence-corrected chi connectivity index (χ2v) is 6.87. The Labute approximate surface area is 165 Å². The van der Waals surface area contributed by atoms with Gasteiger partial charge >= 0.3 is 0 Å². The summed E-state index contributed by atoms with van der Waals surface area (Å²) in [5.74, 6) is 1.70. The van der Waals surface area contributed by atoms with Gasteiger partial charge in [-0.05, 0) is 49.2 Å². The normalized spacial score (nSPS) is 11.0. The molecule has 0 radical (unpaired) electrons. The Morgan fingerprint density at radius 1 is 1.14 bits per heavy atom. The predicted octanol–water partition coefficient (Wildman–Crippen LogP) is 3.04. The molecule has 0 aliphatic carbocycles. The first kappa shape index (κ1) is 19.9. The fraction of sp³-hybridized carbons (Fsp3) is 0.364. The summed E-state index contributed by atoms with van der Waals surface area (Å²) in [6, 6.07) is 14.3. The molecule has 1 amide bonds. The predicted molar refractivity (Wildman–Crippen MR) is 110 cm³/mol. The molecule has 0 bridgehead atoms. The van der Waals surface area contributed by atoms with Crippen LogP contribution in [0.3, 0.4) is 0 Å². The Morgan fingerprint density at radius 3 is 2.64 bits per heavy atom. The number of benzene rings is 2. The van der Waals surface area contributed by atoms with Gasteiger partial charge in [0.2, 0.25) is 5.91 Å². The molecule has 6 nitrogen and oxygen atoms in total. The number of rotatable bonds is 9. The van der Waals surface area contributed by atoms with Gasteiger partial charge in [0.05, 0.1) is 17.6 Å². The van der Waals surface area contributed by atoms with Crippen LogP contribution in [0.2, 0.25) is 0 Å². The third-order valence-corrected chi connectivity index (χ3v) is 4.46. The molecule has 3 aromatic rings. The molecule has 0 spiro atoms. The molecule has 28 heavy (non-hydrogen) atoms. The lowest BCUT2D eigenvalue weighted by Gasteiger charge is -2.12. The van der Waals surface area contributed by atoms with Crippen molar-refractivity contribution < 1.29 is 14.3 Å². The Balaban J connectivity index is 1.68. The van der Waals surface area contributed by atoms with Crippen LogP contribution in [0.5, 0.6) is 5.75 Å². The van der Waals surface area contributed by atoms with Crippen LogP contribution in [0, 0.1) is 13.8 Å². The van der Waals surface area contributed by atoms with Crippen LogP contribution in [0.4, 0.5) is 0 Å². The first-order valence-corrected chi connectivity index (χ1v) is 9.47. The maximum Gasteiger partial charge on any atom is 0.245 e. The number of methoxy groups -OCH3 is 1. The summed E-state index contributed by atoms with van der Waals surface area (Å²) in [5, 5.41) is 2.85. The molecule has 0 fully saturated rings.